The van der Waals surface area contributed by atoms with E-state index in [1.807, 2.05) is 0 Å². The fraction of sp³-hybridized carbons (Fsp3) is 0. The lowest BCUT2D eigenvalue weighted by Gasteiger charge is -2.34. The van der Waals surface area contributed by atoms with E-state index in [-0.39, 0.29) is 0 Å². The Bertz CT molecular complexity index is 3900. The summed E-state index contributed by atoms with van der Waals surface area (Å²) in [5, 5.41) is 15.9. The Hall–Kier alpha value is -9.33. The molecule has 0 amide bonds. The number of fused-ring (bicyclic) bond motifs is 6. The van der Waals surface area contributed by atoms with E-state index in [1.54, 1.807) is 0 Å². The molecule has 0 spiro atoms. The van der Waals surface area contributed by atoms with E-state index in [4.69, 9.17) is 0 Å². The van der Waals surface area contributed by atoms with E-state index in [1.165, 1.54) is 85.1 Å². The summed E-state index contributed by atoms with van der Waals surface area (Å²) in [5.74, 6) is 0. The van der Waals surface area contributed by atoms with Crippen LogP contribution >= 0.6 is 0 Å². The molecule has 0 bridgehead atoms. The van der Waals surface area contributed by atoms with Crippen molar-refractivity contribution < 1.29 is 0 Å². The number of hydrogen-bond acceptors (Lipinski definition) is 0. The van der Waals surface area contributed by atoms with Gasteiger partial charge in [0.15, 0.2) is 16.1 Å². The molecule has 2 nitrogen and oxygen atoms in total. The molecule has 12 aromatic carbocycles. The van der Waals surface area contributed by atoms with Gasteiger partial charge < -0.3 is 9.13 Å². The Kier molecular flexibility index (Phi) is 11.2. The normalized spacial score (nSPS) is 11.9. The summed E-state index contributed by atoms with van der Waals surface area (Å²) in [4.78, 5) is 0. The Morgan fingerprint density at radius 3 is 0.776 bits per heavy atom. The fourth-order valence-electron chi connectivity index (χ4n) is 12.7. The highest BCUT2D eigenvalue weighted by atomic mass is 28.3. The van der Waals surface area contributed by atoms with Crippen LogP contribution in [0.2, 0.25) is 0 Å². The first-order valence-corrected chi connectivity index (χ1v) is 30.3. The number of benzene rings is 12. The highest BCUT2D eigenvalue weighted by Crippen LogP contribution is 2.36. The summed E-state index contributed by atoms with van der Waals surface area (Å²) in [7, 11) is -5.51. The molecular weight excluding hydrogens is 949 g/mol. The minimum absolute atomic E-state index is 1.13. The van der Waals surface area contributed by atoms with Gasteiger partial charge in [-0.25, -0.2) is 0 Å². The van der Waals surface area contributed by atoms with E-state index in [2.05, 4.69) is 325 Å². The van der Waals surface area contributed by atoms with Crippen molar-refractivity contribution in [3.8, 4) is 22.5 Å². The zero-order valence-electron chi connectivity index (χ0n) is 41.9. The Morgan fingerprint density at radius 1 is 0.184 bits per heavy atom. The van der Waals surface area contributed by atoms with Gasteiger partial charge in [0.05, 0.1) is 22.1 Å². The summed E-state index contributed by atoms with van der Waals surface area (Å²) in [5.41, 5.74) is 9.36. The standard InChI is InChI=1S/C72H52N2Si2/c1-7-29-57(30-8-1)75(58-31-9-2-10-32-58,59-33-11-3-12-34-59)63-45-47-71-67(51-63)65-41-19-21-43-69(65)73(71)55-27-23-25-53(49-55)54-26-24-28-56(50-54)74-70-44-22-20-42-66(70)68-52-64(46-48-72(68)74)76(60-35-13-4-14-36-60,61-37-15-5-16-38-61)62-39-17-6-18-40-62/h1-52H. The summed E-state index contributed by atoms with van der Waals surface area (Å²) >= 11 is 0. The van der Waals surface area contributed by atoms with Gasteiger partial charge in [-0.3, -0.25) is 0 Å². The summed E-state index contributed by atoms with van der Waals surface area (Å²) in [6, 6.07) is 118. The van der Waals surface area contributed by atoms with Crippen LogP contribution in [0.5, 0.6) is 0 Å². The largest absolute Gasteiger partial charge is 0.309 e. The van der Waals surface area contributed by atoms with Gasteiger partial charge in [-0.05, 0) is 101 Å². The Labute approximate surface area is 445 Å². The van der Waals surface area contributed by atoms with Gasteiger partial charge >= 0.3 is 0 Å². The lowest BCUT2D eigenvalue weighted by atomic mass is 10.0. The van der Waals surface area contributed by atoms with Gasteiger partial charge in [0.2, 0.25) is 0 Å². The van der Waals surface area contributed by atoms with Gasteiger partial charge in [-0.1, -0.05) is 267 Å². The molecule has 358 valence electrons. The highest BCUT2D eigenvalue weighted by molar-refractivity contribution is 7.20. The van der Waals surface area contributed by atoms with Gasteiger partial charge in [-0.2, -0.15) is 0 Å². The molecule has 4 heteroatoms. The third kappa shape index (κ3) is 7.21. The quantitative estimate of drug-likeness (QED) is 0.0903. The molecule has 0 atom stereocenters. The van der Waals surface area contributed by atoms with Crippen molar-refractivity contribution in [3.63, 3.8) is 0 Å². The molecule has 0 radical (unpaired) electrons. The van der Waals surface area contributed by atoms with E-state index in [0.717, 1.165) is 22.5 Å². The van der Waals surface area contributed by atoms with Crippen molar-refractivity contribution >= 4 is 101 Å². The SMILES string of the molecule is c1ccc([Si](c2ccccc2)(c2ccccc2)c2ccc3c(c2)c2ccccc2n3-c2cccc(-c3cccc(-n4c5ccccc5c5cc([Si](c6ccccc6)(c6ccccc6)c6ccccc6)ccc54)c3)c2)cc1. The van der Waals surface area contributed by atoms with E-state index in [0.29, 0.717) is 0 Å². The molecule has 0 aliphatic carbocycles. The van der Waals surface area contributed by atoms with Crippen molar-refractivity contribution in [1.82, 2.24) is 9.13 Å². The maximum absolute atomic E-state index is 2.75. The molecule has 0 saturated carbocycles. The van der Waals surface area contributed by atoms with Gasteiger partial charge in [0.25, 0.3) is 0 Å². The molecule has 0 aliphatic heterocycles. The number of rotatable bonds is 11. The number of nitrogens with zero attached hydrogens (tertiary/aromatic N) is 2. The van der Waals surface area contributed by atoms with Crippen molar-refractivity contribution in [2.45, 2.75) is 0 Å². The van der Waals surface area contributed by atoms with Gasteiger partial charge in [0, 0.05) is 32.9 Å². The van der Waals surface area contributed by atoms with E-state index >= 15 is 0 Å². The molecule has 0 unspecified atom stereocenters. The van der Waals surface area contributed by atoms with Crippen LogP contribution in [-0.2, 0) is 0 Å². The molecule has 76 heavy (non-hydrogen) atoms. The molecule has 0 aliphatic rings. The van der Waals surface area contributed by atoms with Gasteiger partial charge in [0.1, 0.15) is 0 Å². The number of aromatic nitrogens is 2. The lowest BCUT2D eigenvalue weighted by Crippen LogP contribution is -2.74. The first kappa shape index (κ1) is 45.3. The molecular formula is C72H52N2Si2. The molecule has 0 saturated heterocycles. The summed E-state index contributed by atoms with van der Waals surface area (Å²) in [6.45, 7) is 0. The minimum Gasteiger partial charge on any atom is -0.309 e. The first-order chi connectivity index (χ1) is 37.7. The maximum atomic E-state index is 2.52. The zero-order valence-corrected chi connectivity index (χ0v) is 43.9. The van der Waals surface area contributed by atoms with E-state index < -0.39 is 16.1 Å². The van der Waals surface area contributed by atoms with Crippen LogP contribution in [0.25, 0.3) is 66.1 Å². The van der Waals surface area contributed by atoms with Crippen molar-refractivity contribution in [1.29, 1.82) is 0 Å². The van der Waals surface area contributed by atoms with Gasteiger partial charge in [-0.15, -0.1) is 0 Å². The smallest absolute Gasteiger partial charge is 0.179 e. The predicted molar refractivity (Wildman–Crippen MR) is 328 cm³/mol. The zero-order chi connectivity index (χ0) is 50.5. The maximum Gasteiger partial charge on any atom is 0.179 e. The predicted octanol–water partition coefficient (Wildman–Crippen LogP) is 12.3. The summed E-state index contributed by atoms with van der Waals surface area (Å²) in [6.07, 6.45) is 0. The monoisotopic (exact) mass is 1000 g/mol. The van der Waals surface area contributed by atoms with Crippen LogP contribution in [-0.4, -0.2) is 25.3 Å². The second-order valence-corrected chi connectivity index (χ2v) is 27.6. The third-order valence-corrected chi connectivity index (χ3v) is 25.5. The first-order valence-electron chi connectivity index (χ1n) is 26.3. The van der Waals surface area contributed by atoms with Crippen LogP contribution in [0.1, 0.15) is 0 Å². The molecule has 14 rings (SSSR count). The minimum atomic E-state index is -2.75. The van der Waals surface area contributed by atoms with Crippen molar-refractivity contribution in [3.05, 3.63) is 315 Å². The molecule has 14 aromatic rings. The van der Waals surface area contributed by atoms with Crippen LogP contribution in [0.15, 0.2) is 315 Å². The highest BCUT2D eigenvalue weighted by Gasteiger charge is 2.43. The molecule has 0 fully saturated rings. The topological polar surface area (TPSA) is 9.86 Å². The second-order valence-electron chi connectivity index (χ2n) is 20.0. The van der Waals surface area contributed by atoms with Crippen LogP contribution < -0.4 is 41.5 Å². The van der Waals surface area contributed by atoms with E-state index in [9.17, 15) is 0 Å². The third-order valence-electron chi connectivity index (χ3n) is 16.0. The second kappa shape index (κ2) is 18.9. The molecule has 0 N–H and O–H groups in total. The van der Waals surface area contributed by atoms with Crippen LogP contribution in [0, 0.1) is 0 Å². The van der Waals surface area contributed by atoms with Crippen molar-refractivity contribution in [2.24, 2.45) is 0 Å². The number of para-hydroxylation sites is 2. The Morgan fingerprint density at radius 2 is 0.461 bits per heavy atom. The van der Waals surface area contributed by atoms with Crippen molar-refractivity contribution in [2.75, 3.05) is 0 Å². The average Bonchev–Trinajstić information content (AvgIpc) is 4.04. The Balaban J connectivity index is 0.907. The molecule has 2 aromatic heterocycles. The molecule has 2 heterocycles. The van der Waals surface area contributed by atoms with Crippen LogP contribution in [0.4, 0.5) is 0 Å². The van der Waals surface area contributed by atoms with Crippen LogP contribution in [0.3, 0.4) is 0 Å². The lowest BCUT2D eigenvalue weighted by molar-refractivity contribution is 1.17. The number of hydrogen-bond donors (Lipinski definition) is 0. The fourth-order valence-corrected chi connectivity index (χ4v) is 22.3. The summed E-state index contributed by atoms with van der Waals surface area (Å²) < 4.78 is 4.93. The average molecular weight is 1000 g/mol.